The third-order valence-corrected chi connectivity index (χ3v) is 11.4. The molecule has 4 aromatic heterocycles. The predicted octanol–water partition coefficient (Wildman–Crippen LogP) is 4.20. The van der Waals surface area contributed by atoms with Crippen LogP contribution in [0.1, 0.15) is 39.9 Å². The van der Waals surface area contributed by atoms with E-state index >= 15 is 0 Å². The number of hydrazine groups is 1. The van der Waals surface area contributed by atoms with E-state index in [4.69, 9.17) is 19.9 Å². The van der Waals surface area contributed by atoms with Crippen molar-refractivity contribution in [3.05, 3.63) is 136 Å². The second-order valence-electron chi connectivity index (χ2n) is 15.2. The van der Waals surface area contributed by atoms with Crippen molar-refractivity contribution in [3.8, 4) is 11.5 Å². The fourth-order valence-corrected chi connectivity index (χ4v) is 8.28. The SMILES string of the molecule is Cc1cc(=O)n(C)c2c3c4c(cc12)c(C)cc(=O)n4C(CN)CO3.Cc1cc(=O)n(C)c2c3c4c(cc12)c(C)cc(=O)n4C(CNNC(=O)OCc1ccccc1)CO3. The largest absolute Gasteiger partial charge is 0.487 e. The molecule has 7 aromatic rings. The summed E-state index contributed by atoms with van der Waals surface area (Å²) in [5.41, 5.74) is 17.8. The van der Waals surface area contributed by atoms with Crippen molar-refractivity contribution in [3.63, 3.8) is 0 Å². The second-order valence-corrected chi connectivity index (χ2v) is 15.2. The summed E-state index contributed by atoms with van der Waals surface area (Å²) in [6.07, 6.45) is -0.621. The van der Waals surface area contributed by atoms with Crippen LogP contribution in [0.3, 0.4) is 0 Å². The molecule has 0 aliphatic carbocycles. The summed E-state index contributed by atoms with van der Waals surface area (Å²) in [6, 6.07) is 19.3. The molecule has 6 heterocycles. The summed E-state index contributed by atoms with van der Waals surface area (Å²) in [5, 5.41) is 3.70. The van der Waals surface area contributed by atoms with Crippen LogP contribution in [0, 0.1) is 27.7 Å². The van der Waals surface area contributed by atoms with Gasteiger partial charge in [-0.05, 0) is 67.6 Å². The van der Waals surface area contributed by atoms with Crippen molar-refractivity contribution < 1.29 is 19.0 Å². The Morgan fingerprint density at radius 1 is 0.661 bits per heavy atom. The monoisotopic (exact) mass is 799 g/mol. The Labute approximate surface area is 337 Å². The summed E-state index contributed by atoms with van der Waals surface area (Å²) >= 11 is 0. The number of fused-ring (bicyclic) bond motifs is 4. The Balaban J connectivity index is 0.000000176. The van der Waals surface area contributed by atoms with Crippen LogP contribution in [0.25, 0.3) is 43.6 Å². The van der Waals surface area contributed by atoms with Crippen LogP contribution < -0.4 is 48.3 Å². The number of carbonyl (C=O) groups excluding carboxylic acids is 1. The molecule has 0 saturated heterocycles. The topological polar surface area (TPSA) is 183 Å². The molecule has 9 rings (SSSR count). The van der Waals surface area contributed by atoms with Gasteiger partial charge in [0.05, 0.1) is 34.2 Å². The lowest BCUT2D eigenvalue weighted by molar-refractivity contribution is 0.132. The van der Waals surface area contributed by atoms with Gasteiger partial charge in [0, 0.05) is 73.0 Å². The molecule has 2 aliphatic heterocycles. The van der Waals surface area contributed by atoms with Crippen LogP contribution in [-0.2, 0) is 25.4 Å². The number of nitrogens with zero attached hydrogens (tertiary/aromatic N) is 4. The van der Waals surface area contributed by atoms with E-state index in [-0.39, 0.29) is 54.1 Å². The highest BCUT2D eigenvalue weighted by atomic mass is 16.6. The van der Waals surface area contributed by atoms with Gasteiger partial charge in [-0.15, -0.1) is 0 Å². The highest BCUT2D eigenvalue weighted by molar-refractivity contribution is 6.06. The predicted molar refractivity (Wildman–Crippen MR) is 227 cm³/mol. The van der Waals surface area contributed by atoms with Gasteiger partial charge in [0.1, 0.15) is 19.8 Å². The maximum atomic E-state index is 13.1. The first-order valence-corrected chi connectivity index (χ1v) is 19.3. The number of rotatable bonds is 6. The number of carbonyl (C=O) groups is 1. The van der Waals surface area contributed by atoms with E-state index in [1.165, 1.54) is 0 Å². The zero-order valence-electron chi connectivity index (χ0n) is 33.7. The third kappa shape index (κ3) is 6.71. The first kappa shape index (κ1) is 39.1. The Morgan fingerprint density at radius 2 is 1.10 bits per heavy atom. The minimum atomic E-state index is -0.621. The van der Waals surface area contributed by atoms with Gasteiger partial charge in [0.25, 0.3) is 22.2 Å². The molecule has 0 fully saturated rings. The quantitative estimate of drug-likeness (QED) is 0.163. The van der Waals surface area contributed by atoms with Crippen molar-refractivity contribution in [1.82, 2.24) is 29.1 Å². The lowest BCUT2D eigenvalue weighted by Gasteiger charge is -2.30. The standard InChI is InChI=1S/C26H26N4O5.C18H19N3O3/c1-15-9-21(31)29(3)23-19(15)11-20-16(2)10-22(32)30-18(14-34-25(23)24(20)30)12-27-28-26(33)35-13-17-7-5-4-6-8-17;1-9-4-14(22)20(3)16-12(9)6-13-10(2)5-15(23)21-11(7-19)8-24-18(16)17(13)21/h4-11,18,27H,12-14H2,1-3H3,(H,28,33);4-6,11H,7-8,19H2,1-3H3. The van der Waals surface area contributed by atoms with Crippen molar-refractivity contribution in [2.24, 2.45) is 19.8 Å². The number of hydrogen-bond donors (Lipinski definition) is 3. The lowest BCUT2D eigenvalue weighted by atomic mass is 10.0. The van der Waals surface area contributed by atoms with Gasteiger partial charge in [0.15, 0.2) is 11.5 Å². The Hall–Kier alpha value is -6.71. The average molecular weight is 800 g/mol. The van der Waals surface area contributed by atoms with Gasteiger partial charge in [0.2, 0.25) is 0 Å². The molecular formula is C44H45N7O8. The molecule has 2 atom stereocenters. The molecule has 2 unspecified atom stereocenters. The number of amides is 1. The highest BCUT2D eigenvalue weighted by Crippen LogP contribution is 2.41. The molecule has 304 valence electrons. The fourth-order valence-electron chi connectivity index (χ4n) is 8.28. The van der Waals surface area contributed by atoms with Gasteiger partial charge in [-0.3, -0.25) is 33.7 Å². The van der Waals surface area contributed by atoms with Crippen LogP contribution >= 0.6 is 0 Å². The van der Waals surface area contributed by atoms with E-state index in [9.17, 15) is 24.0 Å². The van der Waals surface area contributed by atoms with Crippen molar-refractivity contribution in [2.75, 3.05) is 26.3 Å². The van der Waals surface area contributed by atoms with Crippen LogP contribution in [-0.4, -0.2) is 50.7 Å². The molecule has 0 saturated carbocycles. The number of benzene rings is 3. The molecular weight excluding hydrogens is 755 g/mol. The number of aryl methyl sites for hydroxylation is 6. The summed E-state index contributed by atoms with van der Waals surface area (Å²) in [4.78, 5) is 62.5. The van der Waals surface area contributed by atoms with Crippen molar-refractivity contribution in [1.29, 1.82) is 0 Å². The third-order valence-electron chi connectivity index (χ3n) is 11.4. The van der Waals surface area contributed by atoms with Crippen LogP contribution in [0.4, 0.5) is 4.79 Å². The fraction of sp³-hybridized carbons (Fsp3) is 0.295. The van der Waals surface area contributed by atoms with Crippen LogP contribution in [0.2, 0.25) is 0 Å². The van der Waals surface area contributed by atoms with Gasteiger partial charge in [-0.1, -0.05) is 30.3 Å². The number of nitrogens with two attached hydrogens (primary N) is 1. The smallest absolute Gasteiger partial charge is 0.421 e. The first-order valence-electron chi connectivity index (χ1n) is 19.3. The Kier molecular flexibility index (Phi) is 10.1. The van der Waals surface area contributed by atoms with Crippen molar-refractivity contribution >= 4 is 49.7 Å². The summed E-state index contributed by atoms with van der Waals surface area (Å²) in [5.74, 6) is 1.12. The molecule has 15 heteroatoms. The molecule has 0 bridgehead atoms. The summed E-state index contributed by atoms with van der Waals surface area (Å²) < 4.78 is 23.9. The van der Waals surface area contributed by atoms with E-state index in [1.54, 1.807) is 56.6 Å². The van der Waals surface area contributed by atoms with E-state index in [1.807, 2.05) is 70.2 Å². The molecule has 0 spiro atoms. The molecule has 59 heavy (non-hydrogen) atoms. The minimum Gasteiger partial charge on any atom is -0.487 e. The Bertz CT molecular complexity index is 3110. The van der Waals surface area contributed by atoms with Crippen LogP contribution in [0.5, 0.6) is 11.5 Å². The van der Waals surface area contributed by atoms with E-state index < -0.39 is 6.09 Å². The lowest BCUT2D eigenvalue weighted by Crippen LogP contribution is -2.45. The van der Waals surface area contributed by atoms with Gasteiger partial charge in [-0.25, -0.2) is 10.2 Å². The minimum absolute atomic E-state index is 0.0861. The maximum Gasteiger partial charge on any atom is 0.421 e. The highest BCUT2D eigenvalue weighted by Gasteiger charge is 2.29. The van der Waals surface area contributed by atoms with E-state index in [0.29, 0.717) is 35.7 Å². The number of hydrogen-bond acceptors (Lipinski definition) is 10. The molecule has 15 nitrogen and oxygen atoms in total. The van der Waals surface area contributed by atoms with Crippen LogP contribution in [0.15, 0.2) is 85.9 Å². The normalized spacial score (nSPS) is 15.4. The van der Waals surface area contributed by atoms with Crippen molar-refractivity contribution in [2.45, 2.75) is 46.4 Å². The first-order chi connectivity index (χ1) is 28.3. The Morgan fingerprint density at radius 3 is 1.59 bits per heavy atom. The zero-order chi connectivity index (χ0) is 41.9. The zero-order valence-corrected chi connectivity index (χ0v) is 33.7. The molecule has 2 aliphatic rings. The van der Waals surface area contributed by atoms with Gasteiger partial charge < -0.3 is 29.1 Å². The number of pyridine rings is 4. The van der Waals surface area contributed by atoms with E-state index in [2.05, 4.69) is 10.9 Å². The second kappa shape index (κ2) is 15.2. The molecule has 3 aromatic carbocycles. The molecule has 0 radical (unpaired) electrons. The number of nitrogens with one attached hydrogen (secondary N) is 2. The van der Waals surface area contributed by atoms with Gasteiger partial charge >= 0.3 is 6.09 Å². The number of aromatic nitrogens is 4. The molecule has 1 amide bonds. The molecule has 4 N–H and O–H groups in total. The number of ether oxygens (including phenoxy) is 3. The summed E-state index contributed by atoms with van der Waals surface area (Å²) in [6.45, 7) is 8.84. The average Bonchev–Trinajstić information content (AvgIpc) is 3.22. The summed E-state index contributed by atoms with van der Waals surface area (Å²) in [7, 11) is 3.43. The van der Waals surface area contributed by atoms with E-state index in [0.717, 1.165) is 60.4 Å². The maximum absolute atomic E-state index is 13.1. The van der Waals surface area contributed by atoms with Gasteiger partial charge in [-0.2, -0.15) is 0 Å².